The van der Waals surface area contributed by atoms with E-state index in [9.17, 15) is 8.78 Å². The fourth-order valence-corrected chi connectivity index (χ4v) is 3.01. The summed E-state index contributed by atoms with van der Waals surface area (Å²) in [5, 5.41) is 6.39. The van der Waals surface area contributed by atoms with E-state index >= 15 is 0 Å². The molecule has 2 N–H and O–H groups in total. The Bertz CT molecular complexity index is 831. The quantitative estimate of drug-likeness (QED) is 0.275. The van der Waals surface area contributed by atoms with Gasteiger partial charge in [0.2, 0.25) is 0 Å². The highest BCUT2D eigenvalue weighted by Crippen LogP contribution is 2.18. The molecular weight excluding hydrogens is 473 g/mol. The number of nitrogens with zero attached hydrogens (tertiary/aromatic N) is 2. The van der Waals surface area contributed by atoms with Gasteiger partial charge in [-0.05, 0) is 47.9 Å². The van der Waals surface area contributed by atoms with Gasteiger partial charge in [0.25, 0.3) is 0 Å². The summed E-state index contributed by atoms with van der Waals surface area (Å²) in [6.07, 6.45) is 4.71. The van der Waals surface area contributed by atoms with Crippen LogP contribution in [0.25, 0.3) is 0 Å². The van der Waals surface area contributed by atoms with Gasteiger partial charge < -0.3 is 15.5 Å². The fraction of sp³-hybridized carbons (Fsp3) is 0.286. The van der Waals surface area contributed by atoms with Crippen molar-refractivity contribution >= 4 is 35.6 Å². The summed E-state index contributed by atoms with van der Waals surface area (Å²) >= 11 is 0. The minimum Gasteiger partial charge on any atom is -0.364 e. The third kappa shape index (κ3) is 6.19. The zero-order valence-electron chi connectivity index (χ0n) is 15.8. The van der Waals surface area contributed by atoms with Crippen molar-refractivity contribution < 1.29 is 8.78 Å². The third-order valence-corrected chi connectivity index (χ3v) is 4.47. The van der Waals surface area contributed by atoms with Gasteiger partial charge in [-0.1, -0.05) is 24.3 Å². The Balaban J connectivity index is 0.00000280. The van der Waals surface area contributed by atoms with Crippen molar-refractivity contribution in [3.05, 3.63) is 77.4 Å². The summed E-state index contributed by atoms with van der Waals surface area (Å²) in [6.45, 7) is 2.97. The maximum Gasteiger partial charge on any atom is 0.191 e. The Morgan fingerprint density at radius 1 is 1.07 bits per heavy atom. The predicted octanol–water partition coefficient (Wildman–Crippen LogP) is 3.87. The molecule has 0 saturated carbocycles. The summed E-state index contributed by atoms with van der Waals surface area (Å²) in [6, 6.07) is 11.9. The number of rotatable bonds is 6. The van der Waals surface area contributed by atoms with Crippen LogP contribution in [0.1, 0.15) is 11.1 Å². The van der Waals surface area contributed by atoms with Crippen molar-refractivity contribution in [3.63, 3.8) is 0 Å². The number of anilines is 1. The molecule has 0 aromatic heterocycles. The van der Waals surface area contributed by atoms with Crippen LogP contribution in [0.15, 0.2) is 59.6 Å². The van der Waals surface area contributed by atoms with Crippen LogP contribution in [-0.4, -0.2) is 32.6 Å². The minimum atomic E-state index is -0.429. The number of hydrogen-bond acceptors (Lipinski definition) is 2. The van der Waals surface area contributed by atoms with E-state index in [2.05, 4.69) is 50.9 Å². The highest BCUT2D eigenvalue weighted by molar-refractivity contribution is 14.0. The van der Waals surface area contributed by atoms with Gasteiger partial charge in [-0.2, -0.15) is 0 Å². The predicted molar refractivity (Wildman–Crippen MR) is 121 cm³/mol. The third-order valence-electron chi connectivity index (χ3n) is 4.47. The molecule has 3 rings (SSSR count). The van der Waals surface area contributed by atoms with Crippen LogP contribution in [0.4, 0.5) is 14.5 Å². The monoisotopic (exact) mass is 498 g/mol. The molecule has 1 aliphatic heterocycles. The van der Waals surface area contributed by atoms with Crippen LogP contribution in [-0.2, 0) is 13.0 Å². The molecule has 150 valence electrons. The summed E-state index contributed by atoms with van der Waals surface area (Å²) in [7, 11) is 1.68. The van der Waals surface area contributed by atoms with E-state index < -0.39 is 11.6 Å². The first kappa shape index (κ1) is 22.1. The van der Waals surface area contributed by atoms with Crippen LogP contribution < -0.4 is 15.5 Å². The van der Waals surface area contributed by atoms with E-state index in [1.165, 1.54) is 11.8 Å². The van der Waals surface area contributed by atoms with Crippen molar-refractivity contribution in [1.29, 1.82) is 0 Å². The van der Waals surface area contributed by atoms with Crippen LogP contribution >= 0.6 is 24.0 Å². The lowest BCUT2D eigenvalue weighted by Crippen LogP contribution is -2.38. The van der Waals surface area contributed by atoms with Gasteiger partial charge in [-0.15, -0.1) is 24.0 Å². The van der Waals surface area contributed by atoms with Gasteiger partial charge in [0.1, 0.15) is 11.6 Å². The Morgan fingerprint density at radius 2 is 1.86 bits per heavy atom. The number of halogens is 3. The molecule has 0 unspecified atom stereocenters. The molecule has 4 nitrogen and oxygen atoms in total. The maximum absolute atomic E-state index is 13.7. The highest BCUT2D eigenvalue weighted by atomic mass is 127. The first-order chi connectivity index (χ1) is 13.2. The highest BCUT2D eigenvalue weighted by Gasteiger charge is 2.08. The largest absolute Gasteiger partial charge is 0.364 e. The van der Waals surface area contributed by atoms with Gasteiger partial charge in [0.15, 0.2) is 5.96 Å². The lowest BCUT2D eigenvalue weighted by molar-refractivity contribution is 0.583. The molecule has 1 aliphatic rings. The summed E-state index contributed by atoms with van der Waals surface area (Å²) in [4.78, 5) is 6.48. The van der Waals surface area contributed by atoms with E-state index in [4.69, 9.17) is 0 Å². The normalized spacial score (nSPS) is 13.4. The van der Waals surface area contributed by atoms with Gasteiger partial charge in [0, 0.05) is 38.9 Å². The summed E-state index contributed by atoms with van der Waals surface area (Å²) < 4.78 is 26.9. The Kier molecular flexibility index (Phi) is 8.69. The molecule has 0 aliphatic carbocycles. The molecule has 0 spiro atoms. The molecule has 7 heteroatoms. The fourth-order valence-electron chi connectivity index (χ4n) is 3.01. The Morgan fingerprint density at radius 3 is 2.61 bits per heavy atom. The average Bonchev–Trinajstić information content (AvgIpc) is 3.22. The Hall–Kier alpha value is -2.16. The number of guanidine groups is 1. The Labute approximate surface area is 181 Å². The second kappa shape index (κ2) is 11.0. The van der Waals surface area contributed by atoms with Gasteiger partial charge >= 0.3 is 0 Å². The second-order valence-electron chi connectivity index (χ2n) is 6.38. The molecule has 0 bridgehead atoms. The van der Waals surface area contributed by atoms with Gasteiger partial charge in [-0.25, -0.2) is 8.78 Å². The topological polar surface area (TPSA) is 39.7 Å². The van der Waals surface area contributed by atoms with Crippen LogP contribution in [0.3, 0.4) is 0 Å². The molecule has 2 aromatic rings. The molecule has 2 aromatic carbocycles. The zero-order chi connectivity index (χ0) is 19.1. The van der Waals surface area contributed by atoms with E-state index in [0.717, 1.165) is 30.8 Å². The first-order valence-electron chi connectivity index (χ1n) is 9.03. The molecule has 1 heterocycles. The smallest absolute Gasteiger partial charge is 0.191 e. The summed E-state index contributed by atoms with van der Waals surface area (Å²) in [5.41, 5.74) is 2.70. The minimum absolute atomic E-state index is 0. The van der Waals surface area contributed by atoms with Gasteiger partial charge in [-0.3, -0.25) is 4.99 Å². The first-order valence-corrected chi connectivity index (χ1v) is 9.03. The second-order valence-corrected chi connectivity index (χ2v) is 6.38. The van der Waals surface area contributed by atoms with Crippen LogP contribution in [0.2, 0.25) is 0 Å². The SMILES string of the molecule is CN=C(NCCc1cc(F)ccc1F)NCc1cccc(N2CC=CC2)c1.I. The van der Waals surface area contributed by atoms with E-state index in [1.807, 2.05) is 6.07 Å². The molecule has 0 atom stereocenters. The van der Waals surface area contributed by atoms with Crippen molar-refractivity contribution in [3.8, 4) is 0 Å². The average molecular weight is 498 g/mol. The van der Waals surface area contributed by atoms with Crippen molar-refractivity contribution in [2.24, 2.45) is 4.99 Å². The molecular formula is C21H25F2IN4. The standard InChI is InChI=1S/C21H24F2N4.HI/c1-24-21(25-10-9-17-14-18(22)7-8-20(17)23)26-15-16-5-4-6-19(13-16)27-11-2-3-12-27;/h2-8,13-14H,9-12,15H2,1H3,(H2,24,25,26);1H. The molecule has 28 heavy (non-hydrogen) atoms. The maximum atomic E-state index is 13.7. The molecule has 0 amide bonds. The zero-order valence-corrected chi connectivity index (χ0v) is 18.1. The molecule has 0 saturated heterocycles. The van der Waals surface area contributed by atoms with Crippen LogP contribution in [0, 0.1) is 11.6 Å². The van der Waals surface area contributed by atoms with E-state index in [1.54, 1.807) is 7.05 Å². The molecule has 0 radical (unpaired) electrons. The molecule has 0 fully saturated rings. The van der Waals surface area contributed by atoms with Crippen LogP contribution in [0.5, 0.6) is 0 Å². The number of benzene rings is 2. The summed E-state index contributed by atoms with van der Waals surface area (Å²) in [5.74, 6) is -0.198. The van der Waals surface area contributed by atoms with E-state index in [-0.39, 0.29) is 24.0 Å². The van der Waals surface area contributed by atoms with Crippen molar-refractivity contribution in [2.45, 2.75) is 13.0 Å². The number of hydrogen-bond donors (Lipinski definition) is 2. The van der Waals surface area contributed by atoms with E-state index in [0.29, 0.717) is 31.0 Å². The van der Waals surface area contributed by atoms with Gasteiger partial charge in [0.05, 0.1) is 0 Å². The number of aliphatic imine (C=N–C) groups is 1. The lowest BCUT2D eigenvalue weighted by atomic mass is 10.1. The van der Waals surface area contributed by atoms with Crippen molar-refractivity contribution in [1.82, 2.24) is 10.6 Å². The number of nitrogens with one attached hydrogen (secondary N) is 2. The van der Waals surface area contributed by atoms with Crippen molar-refractivity contribution in [2.75, 3.05) is 31.6 Å². The lowest BCUT2D eigenvalue weighted by Gasteiger charge is -2.19.